The maximum atomic E-state index is 11.9. The van der Waals surface area contributed by atoms with E-state index >= 15 is 0 Å². The molecule has 0 bridgehead atoms. The standard InChI is InChI=1S/C27H20BrN5O2S/c1-16-4-2-3-5-21(16)32-27-33(30-13-18-12-29-22-8-7-19(28)11-20(18)22)24(15-36-27)17-6-9-25-23(10-17)31-26(34)14-35-25/h2-13,15,29H,14H2,1H3,(H,31,34). The molecule has 1 amide bonds. The van der Waals surface area contributed by atoms with E-state index in [1.807, 2.05) is 84.0 Å². The Labute approximate surface area is 218 Å². The summed E-state index contributed by atoms with van der Waals surface area (Å²) in [5.41, 5.74) is 6.35. The Balaban J connectivity index is 1.50. The zero-order valence-electron chi connectivity index (χ0n) is 19.2. The van der Waals surface area contributed by atoms with E-state index in [0.29, 0.717) is 11.4 Å². The SMILES string of the molecule is Cc1ccccc1N=c1scc(-c2ccc3c(c2)NC(=O)CO3)n1N=Cc1c[nH]c2ccc(Br)cc12. The fraction of sp³-hybridized carbons (Fsp3) is 0.0741. The molecule has 0 unspecified atom stereocenters. The van der Waals surface area contributed by atoms with Crippen molar-refractivity contribution in [3.63, 3.8) is 0 Å². The van der Waals surface area contributed by atoms with Crippen molar-refractivity contribution in [2.75, 3.05) is 11.9 Å². The summed E-state index contributed by atoms with van der Waals surface area (Å²) in [4.78, 5) is 20.8. The first-order valence-electron chi connectivity index (χ1n) is 11.2. The van der Waals surface area contributed by atoms with Crippen molar-refractivity contribution in [2.24, 2.45) is 10.1 Å². The highest BCUT2D eigenvalue weighted by molar-refractivity contribution is 9.10. The van der Waals surface area contributed by atoms with Crippen molar-refractivity contribution in [2.45, 2.75) is 6.92 Å². The lowest BCUT2D eigenvalue weighted by Gasteiger charge is -2.18. The second-order valence-electron chi connectivity index (χ2n) is 8.34. The molecule has 0 radical (unpaired) electrons. The highest BCUT2D eigenvalue weighted by Gasteiger charge is 2.18. The van der Waals surface area contributed by atoms with Gasteiger partial charge in [-0.2, -0.15) is 5.10 Å². The van der Waals surface area contributed by atoms with Crippen molar-refractivity contribution in [3.8, 4) is 17.0 Å². The fourth-order valence-corrected chi connectivity index (χ4v) is 5.27. The van der Waals surface area contributed by atoms with Gasteiger partial charge < -0.3 is 15.0 Å². The molecule has 0 aliphatic carbocycles. The smallest absolute Gasteiger partial charge is 0.262 e. The lowest BCUT2D eigenvalue weighted by molar-refractivity contribution is -0.118. The Morgan fingerprint density at radius 3 is 2.92 bits per heavy atom. The largest absolute Gasteiger partial charge is 0.482 e. The first-order valence-corrected chi connectivity index (χ1v) is 12.9. The second-order valence-corrected chi connectivity index (χ2v) is 10.1. The van der Waals surface area contributed by atoms with Crippen LogP contribution in [0.15, 0.2) is 86.8 Å². The average molecular weight is 558 g/mol. The summed E-state index contributed by atoms with van der Waals surface area (Å²) in [5.74, 6) is 0.481. The van der Waals surface area contributed by atoms with Crippen molar-refractivity contribution in [1.82, 2.24) is 9.66 Å². The Kier molecular flexibility index (Phi) is 5.79. The van der Waals surface area contributed by atoms with Crippen molar-refractivity contribution in [3.05, 3.63) is 92.6 Å². The summed E-state index contributed by atoms with van der Waals surface area (Å²) >= 11 is 5.06. The minimum absolute atomic E-state index is 0.0231. The Hall–Kier alpha value is -3.95. The van der Waals surface area contributed by atoms with Gasteiger partial charge in [0.05, 0.1) is 23.3 Å². The maximum Gasteiger partial charge on any atom is 0.262 e. The van der Waals surface area contributed by atoms with E-state index in [1.165, 1.54) is 11.3 Å². The van der Waals surface area contributed by atoms with Crippen LogP contribution in [0.4, 0.5) is 11.4 Å². The third kappa shape index (κ3) is 4.27. The third-order valence-electron chi connectivity index (χ3n) is 5.91. The van der Waals surface area contributed by atoms with E-state index in [1.54, 1.807) is 0 Å². The summed E-state index contributed by atoms with van der Waals surface area (Å²) in [7, 11) is 0. The zero-order chi connectivity index (χ0) is 24.6. The molecule has 7 nitrogen and oxygen atoms in total. The number of hydrogen-bond donors (Lipinski definition) is 2. The normalized spacial score (nSPS) is 13.7. The zero-order valence-corrected chi connectivity index (χ0v) is 21.6. The lowest BCUT2D eigenvalue weighted by Crippen LogP contribution is -2.25. The van der Waals surface area contributed by atoms with Gasteiger partial charge in [-0.25, -0.2) is 9.67 Å². The number of nitrogens with one attached hydrogen (secondary N) is 2. The minimum atomic E-state index is -0.170. The summed E-state index contributed by atoms with van der Waals surface area (Å²) in [6.45, 7) is 2.06. The quantitative estimate of drug-likeness (QED) is 0.257. The number of carbonyl (C=O) groups excluding carboxylic acids is 1. The van der Waals surface area contributed by atoms with Crippen LogP contribution in [-0.4, -0.2) is 28.4 Å². The van der Waals surface area contributed by atoms with Crippen LogP contribution in [0.25, 0.3) is 22.2 Å². The van der Waals surface area contributed by atoms with Crippen LogP contribution in [0.2, 0.25) is 0 Å². The van der Waals surface area contributed by atoms with Crippen LogP contribution >= 0.6 is 27.3 Å². The van der Waals surface area contributed by atoms with Gasteiger partial charge in [-0.05, 0) is 55.0 Å². The van der Waals surface area contributed by atoms with E-state index in [-0.39, 0.29) is 12.5 Å². The molecule has 1 aliphatic heterocycles. The van der Waals surface area contributed by atoms with Gasteiger partial charge in [0.25, 0.3) is 5.91 Å². The van der Waals surface area contributed by atoms with Gasteiger partial charge in [-0.1, -0.05) is 34.1 Å². The number of nitrogens with zero attached hydrogens (tertiary/aromatic N) is 3. The summed E-state index contributed by atoms with van der Waals surface area (Å²) in [5, 5.41) is 10.8. The number of thiazole rings is 1. The highest BCUT2D eigenvalue weighted by Crippen LogP contribution is 2.33. The number of aromatic amines is 1. The van der Waals surface area contributed by atoms with E-state index in [4.69, 9.17) is 14.8 Å². The first kappa shape index (κ1) is 22.5. The number of hydrogen-bond acceptors (Lipinski definition) is 5. The number of amides is 1. The van der Waals surface area contributed by atoms with Gasteiger partial charge in [-0.3, -0.25) is 4.79 Å². The monoisotopic (exact) mass is 557 g/mol. The van der Waals surface area contributed by atoms with E-state index in [2.05, 4.69) is 32.3 Å². The van der Waals surface area contributed by atoms with E-state index in [0.717, 1.165) is 48.2 Å². The molecule has 2 aromatic heterocycles. The van der Waals surface area contributed by atoms with E-state index < -0.39 is 0 Å². The molecule has 5 aromatic rings. The third-order valence-corrected chi connectivity index (χ3v) is 7.22. The minimum Gasteiger partial charge on any atom is -0.482 e. The van der Waals surface area contributed by atoms with Crippen LogP contribution in [0.1, 0.15) is 11.1 Å². The number of benzene rings is 3. The summed E-state index contributed by atoms with van der Waals surface area (Å²) in [6.07, 6.45) is 3.78. The molecule has 6 rings (SSSR count). The van der Waals surface area contributed by atoms with Gasteiger partial charge in [0.2, 0.25) is 4.80 Å². The second kappa shape index (κ2) is 9.25. The average Bonchev–Trinajstić information content (AvgIpc) is 3.47. The molecule has 3 aromatic carbocycles. The molecule has 9 heteroatoms. The van der Waals surface area contributed by atoms with Crippen molar-refractivity contribution < 1.29 is 9.53 Å². The number of aromatic nitrogens is 2. The molecular formula is C27H20BrN5O2S. The topological polar surface area (TPSA) is 83.8 Å². The first-order chi connectivity index (χ1) is 17.5. The number of ether oxygens (including phenoxy) is 1. The van der Waals surface area contributed by atoms with Crippen LogP contribution in [0.3, 0.4) is 0 Å². The molecule has 0 saturated heterocycles. The Morgan fingerprint density at radius 2 is 2.03 bits per heavy atom. The Morgan fingerprint density at radius 1 is 1.14 bits per heavy atom. The molecular weight excluding hydrogens is 538 g/mol. The van der Waals surface area contributed by atoms with Gasteiger partial charge in [0, 0.05) is 38.1 Å². The van der Waals surface area contributed by atoms with Crippen LogP contribution < -0.4 is 14.9 Å². The number of H-pyrrole nitrogens is 1. The van der Waals surface area contributed by atoms with E-state index in [9.17, 15) is 4.79 Å². The number of fused-ring (bicyclic) bond motifs is 2. The van der Waals surface area contributed by atoms with Crippen LogP contribution in [-0.2, 0) is 4.79 Å². The van der Waals surface area contributed by atoms with Gasteiger partial charge in [0.15, 0.2) is 6.61 Å². The maximum absolute atomic E-state index is 11.9. The fourth-order valence-electron chi connectivity index (χ4n) is 4.06. The van der Waals surface area contributed by atoms with Crippen molar-refractivity contribution >= 4 is 61.7 Å². The molecule has 0 saturated carbocycles. The Bertz CT molecular complexity index is 1730. The van der Waals surface area contributed by atoms with Gasteiger partial charge >= 0.3 is 0 Å². The van der Waals surface area contributed by atoms with Gasteiger partial charge in [-0.15, -0.1) is 11.3 Å². The molecule has 1 aliphatic rings. The highest BCUT2D eigenvalue weighted by atomic mass is 79.9. The van der Waals surface area contributed by atoms with Crippen LogP contribution in [0.5, 0.6) is 5.75 Å². The molecule has 2 N–H and O–H groups in total. The molecule has 36 heavy (non-hydrogen) atoms. The summed E-state index contributed by atoms with van der Waals surface area (Å²) in [6, 6.07) is 19.8. The number of halogens is 1. The molecule has 0 spiro atoms. The predicted molar refractivity (Wildman–Crippen MR) is 147 cm³/mol. The van der Waals surface area contributed by atoms with Gasteiger partial charge in [0.1, 0.15) is 5.75 Å². The van der Waals surface area contributed by atoms with Crippen molar-refractivity contribution in [1.29, 1.82) is 0 Å². The summed E-state index contributed by atoms with van der Waals surface area (Å²) < 4.78 is 8.37. The lowest BCUT2D eigenvalue weighted by atomic mass is 10.1. The molecule has 3 heterocycles. The number of para-hydroxylation sites is 1. The molecule has 0 atom stereocenters. The number of aryl methyl sites for hydroxylation is 1. The van der Waals surface area contributed by atoms with Crippen LogP contribution in [0, 0.1) is 6.92 Å². The number of carbonyl (C=O) groups is 1. The predicted octanol–water partition coefficient (Wildman–Crippen LogP) is 6.21. The molecule has 0 fully saturated rings. The molecule has 178 valence electrons. The number of anilines is 1. The number of rotatable bonds is 4.